The Morgan fingerprint density at radius 3 is 2.00 bits per heavy atom. The number of hydrogen-bond acceptors (Lipinski definition) is 7. The van der Waals surface area contributed by atoms with Crippen LogP contribution in [0.25, 0.3) is 17.5 Å². The quantitative estimate of drug-likeness (QED) is 0.518. The lowest BCUT2D eigenvalue weighted by atomic mass is 9.83. The third kappa shape index (κ3) is 4.64. The van der Waals surface area contributed by atoms with Gasteiger partial charge in [0.2, 0.25) is 0 Å². The number of rotatable bonds is 6. The zero-order valence-electron chi connectivity index (χ0n) is 20.7. The number of fused-ring (bicyclic) bond motifs is 1. The molecular formula is C28H28N2O5S. The van der Waals surface area contributed by atoms with Crippen LogP contribution in [0.3, 0.4) is 0 Å². The zero-order valence-corrected chi connectivity index (χ0v) is 21.5. The first-order valence-corrected chi connectivity index (χ1v) is 12.5. The van der Waals surface area contributed by atoms with Crippen LogP contribution in [0.2, 0.25) is 0 Å². The Labute approximate surface area is 212 Å². The lowest BCUT2D eigenvalue weighted by Gasteiger charge is -2.27. The minimum atomic E-state index is -0.853. The second kappa shape index (κ2) is 10.4. The van der Waals surface area contributed by atoms with Crippen molar-refractivity contribution in [3.8, 4) is 0 Å². The molecule has 1 aromatic heterocycles. The summed E-state index contributed by atoms with van der Waals surface area (Å²) in [5.74, 6) is -2.20. The number of carbonyl (C=O) groups is 2. The van der Waals surface area contributed by atoms with Crippen LogP contribution in [0.15, 0.2) is 58.9 Å². The average molecular weight is 505 g/mol. The van der Waals surface area contributed by atoms with E-state index in [2.05, 4.69) is 0 Å². The molecule has 0 saturated heterocycles. The lowest BCUT2D eigenvalue weighted by Crippen LogP contribution is -2.42. The van der Waals surface area contributed by atoms with E-state index in [9.17, 15) is 14.4 Å². The number of thiazole rings is 1. The van der Waals surface area contributed by atoms with Crippen molar-refractivity contribution in [1.29, 1.82) is 0 Å². The first-order chi connectivity index (χ1) is 17.3. The maximum Gasteiger partial charge on any atom is 0.338 e. The lowest BCUT2D eigenvalue weighted by molar-refractivity contribution is -0.138. The Morgan fingerprint density at radius 2 is 1.44 bits per heavy atom. The SMILES string of the molecule is CCOC(=O)C1=C(N)n2c(s/c(=C/c3ccc(C)cc3)c2=O)=C(C(=O)OCC)C1c1ccc(C)cc1. The summed E-state index contributed by atoms with van der Waals surface area (Å²) in [4.78, 5) is 40.1. The second-order valence-corrected chi connectivity index (χ2v) is 9.49. The van der Waals surface area contributed by atoms with Crippen molar-refractivity contribution in [3.05, 3.63) is 95.9 Å². The molecule has 1 aliphatic rings. The van der Waals surface area contributed by atoms with E-state index in [0.717, 1.165) is 28.0 Å². The minimum Gasteiger partial charge on any atom is -0.463 e. The minimum absolute atomic E-state index is 0.0399. The van der Waals surface area contributed by atoms with Gasteiger partial charge in [0, 0.05) is 0 Å². The highest BCUT2D eigenvalue weighted by Crippen LogP contribution is 2.37. The van der Waals surface area contributed by atoms with Crippen LogP contribution in [-0.4, -0.2) is 29.7 Å². The van der Waals surface area contributed by atoms with E-state index in [1.807, 2.05) is 62.4 Å². The van der Waals surface area contributed by atoms with Gasteiger partial charge in [-0.2, -0.15) is 0 Å². The van der Waals surface area contributed by atoms with Gasteiger partial charge in [-0.05, 0) is 44.9 Å². The van der Waals surface area contributed by atoms with Crippen molar-refractivity contribution in [1.82, 2.24) is 4.57 Å². The van der Waals surface area contributed by atoms with Gasteiger partial charge in [0.25, 0.3) is 5.56 Å². The third-order valence-electron chi connectivity index (χ3n) is 5.92. The molecule has 2 N–H and O–H groups in total. The van der Waals surface area contributed by atoms with E-state index in [1.54, 1.807) is 19.9 Å². The second-order valence-electron chi connectivity index (χ2n) is 8.46. The average Bonchev–Trinajstić information content (AvgIpc) is 3.17. The van der Waals surface area contributed by atoms with Gasteiger partial charge in [-0.3, -0.25) is 9.36 Å². The largest absolute Gasteiger partial charge is 0.463 e. The molecule has 0 aliphatic carbocycles. The Morgan fingerprint density at radius 1 is 0.917 bits per heavy atom. The summed E-state index contributed by atoms with van der Waals surface area (Å²) in [6, 6.07) is 15.2. The standard InChI is InChI=1S/C28H28N2O5S/c1-5-34-27(32)22-21(19-13-9-17(4)10-14-19)23(28(33)35-6-2)26-30(24(22)29)25(31)20(36-26)15-18-11-7-16(3)8-12-18/h7-15,21H,5-6,29H2,1-4H3/b20-15+. The number of aromatic nitrogens is 1. The van der Waals surface area contributed by atoms with Crippen molar-refractivity contribution in [3.63, 3.8) is 0 Å². The molecular weight excluding hydrogens is 476 g/mol. The van der Waals surface area contributed by atoms with Crippen molar-refractivity contribution in [2.24, 2.45) is 5.73 Å². The molecule has 2 aromatic carbocycles. The number of esters is 2. The molecule has 0 radical (unpaired) electrons. The molecule has 186 valence electrons. The Balaban J connectivity index is 2.10. The van der Waals surface area contributed by atoms with E-state index in [1.165, 1.54) is 4.57 Å². The van der Waals surface area contributed by atoms with Crippen molar-refractivity contribution in [2.75, 3.05) is 13.2 Å². The number of ether oxygens (including phenoxy) is 2. The van der Waals surface area contributed by atoms with E-state index in [-0.39, 0.29) is 30.2 Å². The number of nitrogens with two attached hydrogens (primary N) is 1. The maximum absolute atomic E-state index is 13.5. The highest BCUT2D eigenvalue weighted by molar-refractivity contribution is 7.07. The van der Waals surface area contributed by atoms with Gasteiger partial charge in [-0.15, -0.1) is 11.3 Å². The number of carbonyl (C=O) groups excluding carboxylic acids is 2. The van der Waals surface area contributed by atoms with Gasteiger partial charge in [0.15, 0.2) is 0 Å². The first kappa shape index (κ1) is 25.2. The van der Waals surface area contributed by atoms with Crippen LogP contribution < -0.4 is 20.5 Å². The molecule has 4 rings (SSSR count). The van der Waals surface area contributed by atoms with E-state index in [0.29, 0.717) is 14.8 Å². The fraction of sp³-hybridized carbons (Fsp3) is 0.250. The summed E-state index contributed by atoms with van der Waals surface area (Å²) < 4.78 is 12.7. The summed E-state index contributed by atoms with van der Waals surface area (Å²) in [6.45, 7) is 7.57. The molecule has 36 heavy (non-hydrogen) atoms. The van der Waals surface area contributed by atoms with Crippen LogP contribution in [-0.2, 0) is 19.1 Å². The molecule has 0 saturated carbocycles. The van der Waals surface area contributed by atoms with E-state index < -0.39 is 23.4 Å². The number of nitrogens with zero attached hydrogens (tertiary/aromatic N) is 1. The van der Waals surface area contributed by atoms with Crippen LogP contribution >= 0.6 is 11.3 Å². The van der Waals surface area contributed by atoms with E-state index in [4.69, 9.17) is 15.2 Å². The summed E-state index contributed by atoms with van der Waals surface area (Å²) in [7, 11) is 0. The summed E-state index contributed by atoms with van der Waals surface area (Å²) in [6.07, 6.45) is 1.75. The van der Waals surface area contributed by atoms with Crippen LogP contribution in [0.5, 0.6) is 0 Å². The fourth-order valence-corrected chi connectivity index (χ4v) is 5.33. The highest BCUT2D eigenvalue weighted by atomic mass is 32.1. The number of benzene rings is 2. The molecule has 3 aromatic rings. The molecule has 0 bridgehead atoms. The third-order valence-corrected chi connectivity index (χ3v) is 7.03. The molecule has 1 atom stereocenters. The molecule has 1 unspecified atom stereocenters. The monoisotopic (exact) mass is 504 g/mol. The molecule has 2 heterocycles. The number of hydrogen-bond donors (Lipinski definition) is 1. The van der Waals surface area contributed by atoms with Gasteiger partial charge >= 0.3 is 11.9 Å². The molecule has 1 aliphatic heterocycles. The molecule has 0 amide bonds. The van der Waals surface area contributed by atoms with Crippen LogP contribution in [0.4, 0.5) is 0 Å². The van der Waals surface area contributed by atoms with E-state index >= 15 is 0 Å². The van der Waals surface area contributed by atoms with Gasteiger partial charge in [0.05, 0.1) is 34.8 Å². The smallest absolute Gasteiger partial charge is 0.338 e. The summed E-state index contributed by atoms with van der Waals surface area (Å²) >= 11 is 1.15. The molecule has 8 heteroatoms. The predicted octanol–water partition coefficient (Wildman–Crippen LogP) is 2.56. The Kier molecular flexibility index (Phi) is 7.26. The number of aryl methyl sites for hydroxylation is 2. The normalized spacial score (nSPS) is 15.6. The highest BCUT2D eigenvalue weighted by Gasteiger charge is 2.39. The van der Waals surface area contributed by atoms with Crippen LogP contribution in [0.1, 0.15) is 42.0 Å². The predicted molar refractivity (Wildman–Crippen MR) is 141 cm³/mol. The van der Waals surface area contributed by atoms with Gasteiger partial charge in [-0.1, -0.05) is 59.7 Å². The molecule has 7 nitrogen and oxygen atoms in total. The topological polar surface area (TPSA) is 101 Å². The van der Waals surface area contributed by atoms with Gasteiger partial charge in [-0.25, -0.2) is 9.59 Å². The van der Waals surface area contributed by atoms with Gasteiger partial charge in [0.1, 0.15) is 10.5 Å². The van der Waals surface area contributed by atoms with Crippen molar-refractivity contribution in [2.45, 2.75) is 33.6 Å². The van der Waals surface area contributed by atoms with Crippen molar-refractivity contribution >= 4 is 40.7 Å². The fourth-order valence-electron chi connectivity index (χ4n) is 4.17. The van der Waals surface area contributed by atoms with Crippen molar-refractivity contribution < 1.29 is 19.1 Å². The maximum atomic E-state index is 13.5. The zero-order chi connectivity index (χ0) is 26.0. The molecule has 0 spiro atoms. The summed E-state index contributed by atoms with van der Waals surface area (Å²) in [5, 5.41) is 0. The Hall–Kier alpha value is -3.91. The molecule has 0 fully saturated rings. The summed E-state index contributed by atoms with van der Waals surface area (Å²) in [5.41, 5.74) is 9.94. The Bertz CT molecular complexity index is 1530. The first-order valence-electron chi connectivity index (χ1n) is 11.7. The van der Waals surface area contributed by atoms with Crippen LogP contribution in [0, 0.1) is 13.8 Å². The van der Waals surface area contributed by atoms with Gasteiger partial charge < -0.3 is 15.2 Å².